The molecule has 0 spiro atoms. The lowest BCUT2D eigenvalue weighted by atomic mass is 9.98. The quantitative estimate of drug-likeness (QED) is 0.0882. The van der Waals surface area contributed by atoms with Crippen LogP contribution >= 0.6 is 0 Å². The van der Waals surface area contributed by atoms with Crippen LogP contribution in [0.15, 0.2) is 4.99 Å². The minimum absolute atomic E-state index is 0.0607. The van der Waals surface area contributed by atoms with E-state index in [1.54, 1.807) is 0 Å². The molecule has 0 saturated carbocycles. The standard InChI is InChI=1S/C20H39N7O5/c1-5-12(4)16(21)18(30)27-13(7-6-8-24-20(22)23)17(29)25-10-15(28)26-14(19(31)32)9-11(2)3/h11-14,16H,5-10,21H2,1-4H3,(H,25,29)(H,26,28)(H,27,30)(H,31,32)(H4,22,23,24). The molecule has 0 bridgehead atoms. The second kappa shape index (κ2) is 15.0. The number of rotatable bonds is 15. The molecule has 4 atom stereocenters. The lowest BCUT2D eigenvalue weighted by Gasteiger charge is -2.23. The summed E-state index contributed by atoms with van der Waals surface area (Å²) in [6.45, 7) is 7.24. The van der Waals surface area contributed by atoms with Crippen molar-refractivity contribution in [1.29, 1.82) is 0 Å². The Bertz CT molecular complexity index is 665. The first-order chi connectivity index (χ1) is 14.9. The Kier molecular flexibility index (Phi) is 13.6. The fraction of sp³-hybridized carbons (Fsp3) is 0.750. The van der Waals surface area contributed by atoms with Crippen LogP contribution in [0.25, 0.3) is 0 Å². The van der Waals surface area contributed by atoms with Crippen molar-refractivity contribution in [2.24, 2.45) is 34.0 Å². The van der Waals surface area contributed by atoms with Gasteiger partial charge >= 0.3 is 5.97 Å². The van der Waals surface area contributed by atoms with Crippen molar-refractivity contribution in [3.05, 3.63) is 0 Å². The zero-order valence-corrected chi connectivity index (χ0v) is 19.4. The fourth-order valence-electron chi connectivity index (χ4n) is 2.78. The Morgan fingerprint density at radius 3 is 2.12 bits per heavy atom. The SMILES string of the molecule is CCC(C)C(N)C(=O)NC(CCCN=C(N)N)C(=O)NCC(=O)NC(CC(C)C)C(=O)O. The second-order valence-corrected chi connectivity index (χ2v) is 8.23. The highest BCUT2D eigenvalue weighted by Crippen LogP contribution is 2.07. The van der Waals surface area contributed by atoms with E-state index in [1.165, 1.54) is 0 Å². The van der Waals surface area contributed by atoms with Crippen molar-refractivity contribution in [1.82, 2.24) is 16.0 Å². The maximum absolute atomic E-state index is 12.6. The fourth-order valence-corrected chi connectivity index (χ4v) is 2.78. The van der Waals surface area contributed by atoms with Crippen LogP contribution in [0.2, 0.25) is 0 Å². The molecule has 3 amide bonds. The minimum Gasteiger partial charge on any atom is -0.480 e. The van der Waals surface area contributed by atoms with Crippen LogP contribution in [0.3, 0.4) is 0 Å². The molecule has 4 unspecified atom stereocenters. The Balaban J connectivity index is 5.02. The summed E-state index contributed by atoms with van der Waals surface area (Å²) in [5.41, 5.74) is 16.5. The van der Waals surface area contributed by atoms with E-state index < -0.39 is 48.4 Å². The summed E-state index contributed by atoms with van der Waals surface area (Å²) in [6.07, 6.45) is 1.56. The van der Waals surface area contributed by atoms with E-state index >= 15 is 0 Å². The summed E-state index contributed by atoms with van der Waals surface area (Å²) in [7, 11) is 0. The highest BCUT2D eigenvalue weighted by molar-refractivity contribution is 5.92. The van der Waals surface area contributed by atoms with Crippen molar-refractivity contribution in [3.63, 3.8) is 0 Å². The maximum Gasteiger partial charge on any atom is 0.326 e. The van der Waals surface area contributed by atoms with Crippen molar-refractivity contribution in [2.45, 2.75) is 71.5 Å². The number of carbonyl (C=O) groups is 4. The number of hydrogen-bond acceptors (Lipinski definition) is 6. The van der Waals surface area contributed by atoms with Crippen LogP contribution in [-0.2, 0) is 19.2 Å². The van der Waals surface area contributed by atoms with Crippen LogP contribution in [0.1, 0.15) is 53.4 Å². The molecule has 0 aromatic rings. The first kappa shape index (κ1) is 29.1. The van der Waals surface area contributed by atoms with Gasteiger partial charge in [0.25, 0.3) is 0 Å². The number of nitrogens with two attached hydrogens (primary N) is 3. The molecule has 0 aromatic heterocycles. The topological polar surface area (TPSA) is 215 Å². The molecular formula is C20H39N7O5. The third kappa shape index (κ3) is 12.1. The van der Waals surface area contributed by atoms with Gasteiger partial charge in [-0.1, -0.05) is 34.1 Å². The van der Waals surface area contributed by atoms with Crippen LogP contribution in [-0.4, -0.2) is 66.0 Å². The average Bonchev–Trinajstić information content (AvgIpc) is 2.71. The van der Waals surface area contributed by atoms with E-state index in [0.29, 0.717) is 12.8 Å². The summed E-state index contributed by atoms with van der Waals surface area (Å²) in [5.74, 6) is -2.97. The van der Waals surface area contributed by atoms with Crippen molar-refractivity contribution < 1.29 is 24.3 Å². The van der Waals surface area contributed by atoms with E-state index in [9.17, 15) is 24.3 Å². The van der Waals surface area contributed by atoms with Gasteiger partial charge in [-0.25, -0.2) is 4.79 Å². The van der Waals surface area contributed by atoms with Gasteiger partial charge in [-0.3, -0.25) is 19.4 Å². The summed E-state index contributed by atoms with van der Waals surface area (Å²) in [5, 5.41) is 16.7. The number of nitrogens with one attached hydrogen (secondary N) is 3. The zero-order chi connectivity index (χ0) is 24.8. The Morgan fingerprint density at radius 2 is 1.62 bits per heavy atom. The number of carbonyl (C=O) groups excluding carboxylic acids is 3. The van der Waals surface area contributed by atoms with Gasteiger partial charge in [-0.05, 0) is 31.1 Å². The maximum atomic E-state index is 12.6. The number of aliphatic carboxylic acids is 1. The molecule has 0 fully saturated rings. The molecule has 0 aliphatic rings. The largest absolute Gasteiger partial charge is 0.480 e. The molecule has 10 N–H and O–H groups in total. The van der Waals surface area contributed by atoms with E-state index in [2.05, 4.69) is 20.9 Å². The van der Waals surface area contributed by atoms with E-state index in [-0.39, 0.29) is 37.2 Å². The van der Waals surface area contributed by atoms with Gasteiger partial charge in [0.15, 0.2) is 5.96 Å². The van der Waals surface area contributed by atoms with Crippen LogP contribution < -0.4 is 33.2 Å². The van der Waals surface area contributed by atoms with Crippen molar-refractivity contribution >= 4 is 29.7 Å². The second-order valence-electron chi connectivity index (χ2n) is 8.23. The average molecular weight is 458 g/mol. The summed E-state index contributed by atoms with van der Waals surface area (Å²) < 4.78 is 0. The number of nitrogens with zero attached hydrogens (tertiary/aromatic N) is 1. The van der Waals surface area contributed by atoms with Gasteiger partial charge in [0, 0.05) is 6.54 Å². The number of carboxylic acid groups (broad SMARTS) is 1. The first-order valence-corrected chi connectivity index (χ1v) is 10.8. The number of amides is 3. The molecule has 12 heteroatoms. The lowest BCUT2D eigenvalue weighted by Crippen LogP contribution is -2.54. The van der Waals surface area contributed by atoms with Crippen LogP contribution in [0.4, 0.5) is 0 Å². The number of guanidine groups is 1. The summed E-state index contributed by atoms with van der Waals surface area (Å²) in [6, 6.07) is -2.79. The molecule has 0 radical (unpaired) electrons. The van der Waals surface area contributed by atoms with Gasteiger partial charge in [-0.15, -0.1) is 0 Å². The number of aliphatic imine (C=N–C) groups is 1. The van der Waals surface area contributed by atoms with Gasteiger partial charge in [0.1, 0.15) is 12.1 Å². The van der Waals surface area contributed by atoms with Crippen LogP contribution in [0.5, 0.6) is 0 Å². The molecule has 0 aliphatic carbocycles. The first-order valence-electron chi connectivity index (χ1n) is 10.8. The van der Waals surface area contributed by atoms with E-state index in [1.807, 2.05) is 27.7 Å². The normalized spacial score (nSPS) is 14.6. The molecule has 0 aromatic carbocycles. The highest BCUT2D eigenvalue weighted by atomic mass is 16.4. The molecule has 0 rings (SSSR count). The Labute approximate surface area is 189 Å². The number of carboxylic acids is 1. The Hall–Kier alpha value is -2.89. The van der Waals surface area contributed by atoms with Crippen molar-refractivity contribution in [3.8, 4) is 0 Å². The molecular weight excluding hydrogens is 418 g/mol. The van der Waals surface area contributed by atoms with Crippen LogP contribution in [0, 0.1) is 11.8 Å². The molecule has 0 heterocycles. The summed E-state index contributed by atoms with van der Waals surface area (Å²) in [4.78, 5) is 52.3. The third-order valence-corrected chi connectivity index (χ3v) is 4.90. The highest BCUT2D eigenvalue weighted by Gasteiger charge is 2.27. The monoisotopic (exact) mass is 457 g/mol. The molecule has 12 nitrogen and oxygen atoms in total. The lowest BCUT2D eigenvalue weighted by molar-refractivity contribution is -0.142. The molecule has 0 aliphatic heterocycles. The predicted molar refractivity (Wildman–Crippen MR) is 121 cm³/mol. The predicted octanol–water partition coefficient (Wildman–Crippen LogP) is -1.37. The van der Waals surface area contributed by atoms with E-state index in [0.717, 1.165) is 0 Å². The number of hydrogen-bond donors (Lipinski definition) is 7. The Morgan fingerprint density at radius 1 is 1.00 bits per heavy atom. The molecule has 0 saturated heterocycles. The van der Waals surface area contributed by atoms with E-state index in [4.69, 9.17) is 17.2 Å². The third-order valence-electron chi connectivity index (χ3n) is 4.90. The van der Waals surface area contributed by atoms with Gasteiger partial charge < -0.3 is 38.3 Å². The molecule has 32 heavy (non-hydrogen) atoms. The minimum atomic E-state index is -1.15. The smallest absolute Gasteiger partial charge is 0.326 e. The van der Waals surface area contributed by atoms with Gasteiger partial charge in [0.2, 0.25) is 17.7 Å². The van der Waals surface area contributed by atoms with Crippen molar-refractivity contribution in [2.75, 3.05) is 13.1 Å². The molecule has 184 valence electrons. The van der Waals surface area contributed by atoms with Gasteiger partial charge in [0.05, 0.1) is 12.6 Å². The summed E-state index contributed by atoms with van der Waals surface area (Å²) >= 11 is 0. The van der Waals surface area contributed by atoms with Gasteiger partial charge in [-0.2, -0.15) is 0 Å². The zero-order valence-electron chi connectivity index (χ0n) is 19.4.